The number of hydrogen-bond donors (Lipinski definition) is 2. The van der Waals surface area contributed by atoms with Crippen LogP contribution in [0.5, 0.6) is 0 Å². The van der Waals surface area contributed by atoms with Crippen molar-refractivity contribution < 1.29 is 9.90 Å². The van der Waals surface area contributed by atoms with Gasteiger partial charge in [0.25, 0.3) is 0 Å². The number of rotatable bonds is 7. The summed E-state index contributed by atoms with van der Waals surface area (Å²) in [5.74, 6) is 1.45. The van der Waals surface area contributed by atoms with Gasteiger partial charge in [0.2, 0.25) is 0 Å². The highest BCUT2D eigenvalue weighted by atomic mass is 16.4. The van der Waals surface area contributed by atoms with Crippen molar-refractivity contribution in [3.8, 4) is 12.3 Å². The van der Waals surface area contributed by atoms with Crippen molar-refractivity contribution in [3.05, 3.63) is 35.4 Å². The molecular weight excluding hydrogens is 238 g/mol. The zero-order valence-electron chi connectivity index (χ0n) is 11.5. The van der Waals surface area contributed by atoms with Crippen LogP contribution < -0.4 is 5.32 Å². The van der Waals surface area contributed by atoms with Crippen molar-refractivity contribution in [1.82, 2.24) is 5.32 Å². The third-order valence-electron chi connectivity index (χ3n) is 3.18. The first kappa shape index (κ1) is 15.3. The van der Waals surface area contributed by atoms with Crippen molar-refractivity contribution >= 4 is 5.97 Å². The van der Waals surface area contributed by atoms with E-state index in [4.69, 9.17) is 11.5 Å². The fourth-order valence-corrected chi connectivity index (χ4v) is 1.84. The first-order valence-corrected chi connectivity index (χ1v) is 6.59. The highest BCUT2D eigenvalue weighted by molar-refractivity contribution is 5.75. The monoisotopic (exact) mass is 259 g/mol. The van der Waals surface area contributed by atoms with Crippen LogP contribution in [0.1, 0.15) is 43.7 Å². The third kappa shape index (κ3) is 4.76. The van der Waals surface area contributed by atoms with E-state index in [1.165, 1.54) is 0 Å². The lowest BCUT2D eigenvalue weighted by molar-refractivity contribution is -0.138. The van der Waals surface area contributed by atoms with Gasteiger partial charge in [0.05, 0.1) is 12.0 Å². The molecule has 0 fully saturated rings. The van der Waals surface area contributed by atoms with E-state index in [-0.39, 0.29) is 6.04 Å². The summed E-state index contributed by atoms with van der Waals surface area (Å²) in [5.41, 5.74) is 1.93. The van der Waals surface area contributed by atoms with Crippen molar-refractivity contribution in [2.45, 2.75) is 45.2 Å². The van der Waals surface area contributed by atoms with E-state index in [2.05, 4.69) is 18.2 Å². The van der Waals surface area contributed by atoms with Crippen molar-refractivity contribution in [2.75, 3.05) is 0 Å². The number of carboxylic acid groups (broad SMARTS) is 1. The fourth-order valence-electron chi connectivity index (χ4n) is 1.84. The maximum atomic E-state index is 10.9. The van der Waals surface area contributed by atoms with Crippen LogP contribution in [0.3, 0.4) is 0 Å². The smallest absolute Gasteiger partial charge is 0.310 e. The van der Waals surface area contributed by atoms with Crippen molar-refractivity contribution in [1.29, 1.82) is 0 Å². The highest BCUT2D eigenvalue weighted by Crippen LogP contribution is 2.16. The Hall–Kier alpha value is -1.79. The van der Waals surface area contributed by atoms with Gasteiger partial charge in [-0.1, -0.05) is 43.5 Å². The van der Waals surface area contributed by atoms with Crippen molar-refractivity contribution in [3.63, 3.8) is 0 Å². The molecule has 102 valence electrons. The zero-order valence-corrected chi connectivity index (χ0v) is 11.5. The average molecular weight is 259 g/mol. The third-order valence-corrected chi connectivity index (χ3v) is 3.18. The Morgan fingerprint density at radius 3 is 2.53 bits per heavy atom. The van der Waals surface area contributed by atoms with E-state index in [1.807, 2.05) is 24.3 Å². The van der Waals surface area contributed by atoms with Gasteiger partial charge in [-0.2, -0.15) is 0 Å². The van der Waals surface area contributed by atoms with Crippen LogP contribution in [0.2, 0.25) is 0 Å². The van der Waals surface area contributed by atoms with Crippen LogP contribution in [-0.4, -0.2) is 17.1 Å². The minimum absolute atomic E-state index is 0.0996. The molecule has 0 heterocycles. The Kier molecular flexibility index (Phi) is 6.11. The van der Waals surface area contributed by atoms with E-state index in [1.54, 1.807) is 6.92 Å². The molecule has 2 atom stereocenters. The second-order valence-electron chi connectivity index (χ2n) is 4.69. The molecule has 19 heavy (non-hydrogen) atoms. The molecule has 0 radical (unpaired) electrons. The fraction of sp³-hybridized carbons (Fsp3) is 0.438. The van der Waals surface area contributed by atoms with E-state index >= 15 is 0 Å². The van der Waals surface area contributed by atoms with Crippen LogP contribution in [0.15, 0.2) is 24.3 Å². The Labute approximate surface area is 115 Å². The number of aliphatic carboxylic acids is 1. The summed E-state index contributed by atoms with van der Waals surface area (Å²) in [6, 6.07) is 7.71. The Bertz CT molecular complexity index is 445. The molecule has 0 saturated carbocycles. The lowest BCUT2D eigenvalue weighted by Crippen LogP contribution is -2.26. The summed E-state index contributed by atoms with van der Waals surface area (Å²) in [6.07, 6.45) is 7.46. The van der Waals surface area contributed by atoms with E-state index in [0.29, 0.717) is 6.54 Å². The molecule has 2 N–H and O–H groups in total. The number of nitrogens with one attached hydrogen (secondary N) is 1. The predicted octanol–water partition coefficient (Wildman–Crippen LogP) is 2.77. The molecule has 0 aromatic heterocycles. The van der Waals surface area contributed by atoms with Gasteiger partial charge in [-0.05, 0) is 24.5 Å². The lowest BCUT2D eigenvalue weighted by Gasteiger charge is -2.12. The molecule has 3 nitrogen and oxygen atoms in total. The minimum atomic E-state index is -0.804. The van der Waals surface area contributed by atoms with Crippen LogP contribution in [0.25, 0.3) is 0 Å². The topological polar surface area (TPSA) is 49.3 Å². The first-order chi connectivity index (χ1) is 9.08. The molecule has 0 amide bonds. The molecule has 0 aliphatic heterocycles. The van der Waals surface area contributed by atoms with Gasteiger partial charge >= 0.3 is 5.97 Å². The van der Waals surface area contributed by atoms with Crippen LogP contribution in [0.4, 0.5) is 0 Å². The summed E-state index contributed by atoms with van der Waals surface area (Å²) in [4.78, 5) is 10.9. The lowest BCUT2D eigenvalue weighted by atomic mass is 10.00. The number of terminal acetylenes is 1. The average Bonchev–Trinajstić information content (AvgIpc) is 2.43. The summed E-state index contributed by atoms with van der Waals surface area (Å²) >= 11 is 0. The molecule has 0 bridgehead atoms. The molecule has 1 aromatic carbocycles. The SMILES string of the molecule is C#CC(CCC)NCc1ccc(C(C)C(=O)O)cc1. The zero-order chi connectivity index (χ0) is 14.3. The molecule has 2 unspecified atom stereocenters. The summed E-state index contributed by atoms with van der Waals surface area (Å²) in [6.45, 7) is 4.50. The van der Waals surface area contributed by atoms with Gasteiger partial charge in [0, 0.05) is 6.54 Å². The standard InChI is InChI=1S/C16H21NO2/c1-4-6-15(5-2)17-11-13-7-9-14(10-8-13)12(3)16(18)19/h2,7-10,12,15,17H,4,6,11H2,1,3H3,(H,18,19). The Balaban J connectivity index is 2.58. The molecule has 1 rings (SSSR count). The van der Waals surface area contributed by atoms with E-state index in [0.717, 1.165) is 24.0 Å². The molecular formula is C16H21NO2. The van der Waals surface area contributed by atoms with Gasteiger partial charge in [-0.15, -0.1) is 6.42 Å². The summed E-state index contributed by atoms with van der Waals surface area (Å²) < 4.78 is 0. The number of hydrogen-bond acceptors (Lipinski definition) is 2. The molecule has 0 spiro atoms. The second kappa shape index (κ2) is 7.60. The summed E-state index contributed by atoms with van der Waals surface area (Å²) in [5, 5.41) is 12.2. The molecule has 0 saturated heterocycles. The van der Waals surface area contributed by atoms with Gasteiger partial charge in [-0.3, -0.25) is 10.1 Å². The minimum Gasteiger partial charge on any atom is -0.481 e. The van der Waals surface area contributed by atoms with Gasteiger partial charge in [-0.25, -0.2) is 0 Å². The quantitative estimate of drug-likeness (QED) is 0.740. The van der Waals surface area contributed by atoms with Gasteiger partial charge < -0.3 is 5.11 Å². The maximum absolute atomic E-state index is 10.9. The Morgan fingerprint density at radius 1 is 1.42 bits per heavy atom. The largest absolute Gasteiger partial charge is 0.481 e. The van der Waals surface area contributed by atoms with Crippen LogP contribution >= 0.6 is 0 Å². The number of carbonyl (C=O) groups is 1. The normalized spacial score (nSPS) is 13.5. The van der Waals surface area contributed by atoms with Gasteiger partial charge in [0.1, 0.15) is 0 Å². The molecule has 1 aromatic rings. The van der Waals surface area contributed by atoms with Gasteiger partial charge in [0.15, 0.2) is 0 Å². The predicted molar refractivity (Wildman–Crippen MR) is 76.9 cm³/mol. The molecule has 3 heteroatoms. The van der Waals surface area contributed by atoms with E-state index in [9.17, 15) is 4.79 Å². The maximum Gasteiger partial charge on any atom is 0.310 e. The van der Waals surface area contributed by atoms with Crippen molar-refractivity contribution in [2.24, 2.45) is 0 Å². The second-order valence-corrected chi connectivity index (χ2v) is 4.69. The van der Waals surface area contributed by atoms with E-state index < -0.39 is 11.9 Å². The number of carboxylic acids is 1. The Morgan fingerprint density at radius 2 is 2.05 bits per heavy atom. The molecule has 0 aliphatic rings. The number of benzene rings is 1. The highest BCUT2D eigenvalue weighted by Gasteiger charge is 2.13. The van der Waals surface area contributed by atoms with Crippen LogP contribution in [0, 0.1) is 12.3 Å². The first-order valence-electron chi connectivity index (χ1n) is 6.59. The van der Waals surface area contributed by atoms with Crippen LogP contribution in [-0.2, 0) is 11.3 Å². The summed E-state index contributed by atoms with van der Waals surface area (Å²) in [7, 11) is 0. The molecule has 0 aliphatic carbocycles.